The quantitative estimate of drug-likeness (QED) is 0.818. The Balaban J connectivity index is 2.11. The maximum Gasteiger partial charge on any atom is 0.573 e. The van der Waals surface area contributed by atoms with Gasteiger partial charge in [-0.15, -0.1) is 24.5 Å². The van der Waals surface area contributed by atoms with Gasteiger partial charge in [0, 0.05) is 16.6 Å². The van der Waals surface area contributed by atoms with Gasteiger partial charge in [0.15, 0.2) is 0 Å². The summed E-state index contributed by atoms with van der Waals surface area (Å²) in [6.45, 7) is 2.02. The molecule has 0 saturated carbocycles. The van der Waals surface area contributed by atoms with Gasteiger partial charge in [0.25, 0.3) is 0 Å². The third kappa shape index (κ3) is 4.16. The summed E-state index contributed by atoms with van der Waals surface area (Å²) in [5, 5.41) is 5.20. The normalized spacial score (nSPS) is 13.0. The first-order chi connectivity index (χ1) is 9.48. The van der Waals surface area contributed by atoms with Gasteiger partial charge in [-0.2, -0.15) is 0 Å². The van der Waals surface area contributed by atoms with E-state index in [9.17, 15) is 13.2 Å². The Kier molecular flexibility index (Phi) is 4.54. The van der Waals surface area contributed by atoms with Crippen molar-refractivity contribution in [3.8, 4) is 5.75 Å². The van der Waals surface area contributed by atoms with Crippen LogP contribution < -0.4 is 10.1 Å². The molecule has 0 spiro atoms. The molecule has 2 nitrogen and oxygen atoms in total. The summed E-state index contributed by atoms with van der Waals surface area (Å²) in [5.41, 5.74) is 0.604. The molecule has 0 bridgehead atoms. The van der Waals surface area contributed by atoms with Crippen LogP contribution in [0.5, 0.6) is 5.75 Å². The topological polar surface area (TPSA) is 21.3 Å². The molecule has 1 heterocycles. The van der Waals surface area contributed by atoms with Crippen LogP contribution in [0.25, 0.3) is 0 Å². The Morgan fingerprint density at radius 2 is 2.05 bits per heavy atom. The van der Waals surface area contributed by atoms with E-state index in [4.69, 9.17) is 0 Å². The summed E-state index contributed by atoms with van der Waals surface area (Å²) in [6.07, 6.45) is -3.83. The number of hydrogen-bond acceptors (Lipinski definition) is 3. The standard InChI is InChI=1S/C14H14F3NOS/c1-2-12(13-7-4-8-20-13)18-10-5-3-6-11(9-10)19-14(15,16)17/h3-9,12,18H,2H2,1H3. The summed E-state index contributed by atoms with van der Waals surface area (Å²) < 4.78 is 40.5. The zero-order valence-corrected chi connectivity index (χ0v) is 11.6. The lowest BCUT2D eigenvalue weighted by Gasteiger charge is -2.18. The minimum absolute atomic E-state index is 0.0798. The van der Waals surface area contributed by atoms with Gasteiger partial charge >= 0.3 is 6.36 Å². The zero-order chi connectivity index (χ0) is 14.6. The number of nitrogens with one attached hydrogen (secondary N) is 1. The maximum atomic E-state index is 12.2. The molecule has 1 atom stereocenters. The molecular weight excluding hydrogens is 287 g/mol. The zero-order valence-electron chi connectivity index (χ0n) is 10.8. The molecule has 0 saturated heterocycles. The van der Waals surface area contributed by atoms with E-state index in [1.54, 1.807) is 17.4 Å². The van der Waals surface area contributed by atoms with Crippen LogP contribution in [0.15, 0.2) is 41.8 Å². The van der Waals surface area contributed by atoms with E-state index in [1.165, 1.54) is 18.2 Å². The molecule has 0 radical (unpaired) electrons. The van der Waals surface area contributed by atoms with Gasteiger partial charge in [0.2, 0.25) is 0 Å². The molecule has 0 fully saturated rings. The molecule has 6 heteroatoms. The second-order valence-electron chi connectivity index (χ2n) is 4.20. The summed E-state index contributed by atoms with van der Waals surface area (Å²) >= 11 is 1.62. The minimum Gasteiger partial charge on any atom is -0.406 e. The molecule has 108 valence electrons. The van der Waals surface area contributed by atoms with E-state index in [1.807, 2.05) is 24.4 Å². The molecule has 0 aliphatic heterocycles. The number of benzene rings is 1. The van der Waals surface area contributed by atoms with Crippen LogP contribution in [0.2, 0.25) is 0 Å². The van der Waals surface area contributed by atoms with Crippen molar-refractivity contribution in [2.75, 3.05) is 5.32 Å². The first-order valence-electron chi connectivity index (χ1n) is 6.13. The van der Waals surface area contributed by atoms with Gasteiger partial charge in [-0.05, 0) is 30.0 Å². The highest BCUT2D eigenvalue weighted by molar-refractivity contribution is 7.10. The Hall–Kier alpha value is -1.69. The van der Waals surface area contributed by atoms with E-state index < -0.39 is 6.36 Å². The van der Waals surface area contributed by atoms with Crippen LogP contribution in [0.4, 0.5) is 18.9 Å². The van der Waals surface area contributed by atoms with Crippen LogP contribution in [0, 0.1) is 0 Å². The Morgan fingerprint density at radius 1 is 1.25 bits per heavy atom. The third-order valence-electron chi connectivity index (χ3n) is 2.70. The molecule has 1 aromatic carbocycles. The largest absolute Gasteiger partial charge is 0.573 e. The SMILES string of the molecule is CCC(Nc1cccc(OC(F)(F)F)c1)c1cccs1. The van der Waals surface area contributed by atoms with Crippen molar-refractivity contribution in [3.05, 3.63) is 46.7 Å². The van der Waals surface area contributed by atoms with Gasteiger partial charge in [0.1, 0.15) is 5.75 Å². The lowest BCUT2D eigenvalue weighted by atomic mass is 10.1. The van der Waals surface area contributed by atoms with Crippen LogP contribution in [0.1, 0.15) is 24.3 Å². The smallest absolute Gasteiger partial charge is 0.406 e. The molecule has 20 heavy (non-hydrogen) atoms. The number of thiophene rings is 1. The van der Waals surface area contributed by atoms with E-state index in [0.717, 1.165) is 11.3 Å². The highest BCUT2D eigenvalue weighted by Gasteiger charge is 2.31. The van der Waals surface area contributed by atoms with Crippen LogP contribution in [-0.2, 0) is 0 Å². The van der Waals surface area contributed by atoms with Crippen LogP contribution in [-0.4, -0.2) is 6.36 Å². The fourth-order valence-corrected chi connectivity index (χ4v) is 2.71. The average Bonchev–Trinajstić information content (AvgIpc) is 2.88. The summed E-state index contributed by atoms with van der Waals surface area (Å²) in [5.74, 6) is -0.219. The number of hydrogen-bond donors (Lipinski definition) is 1. The summed E-state index contributed by atoms with van der Waals surface area (Å²) in [6, 6.07) is 9.92. The molecule has 0 aliphatic carbocycles. The highest BCUT2D eigenvalue weighted by atomic mass is 32.1. The molecular formula is C14H14F3NOS. The van der Waals surface area contributed by atoms with Crippen molar-refractivity contribution in [2.24, 2.45) is 0 Å². The highest BCUT2D eigenvalue weighted by Crippen LogP contribution is 2.29. The number of ether oxygens (including phenoxy) is 1. The number of halogens is 3. The molecule has 1 aromatic heterocycles. The van der Waals surface area contributed by atoms with E-state index >= 15 is 0 Å². The number of anilines is 1. The van der Waals surface area contributed by atoms with E-state index in [-0.39, 0.29) is 11.8 Å². The second kappa shape index (κ2) is 6.17. The lowest BCUT2D eigenvalue weighted by Crippen LogP contribution is -2.17. The molecule has 2 rings (SSSR count). The lowest BCUT2D eigenvalue weighted by molar-refractivity contribution is -0.274. The predicted molar refractivity (Wildman–Crippen MR) is 74.1 cm³/mol. The van der Waals surface area contributed by atoms with Crippen LogP contribution >= 0.6 is 11.3 Å². The Bertz CT molecular complexity index is 540. The van der Waals surface area contributed by atoms with Crippen LogP contribution in [0.3, 0.4) is 0 Å². The van der Waals surface area contributed by atoms with Gasteiger partial charge in [-0.1, -0.05) is 19.1 Å². The Labute approximate surface area is 119 Å². The van der Waals surface area contributed by atoms with Crippen molar-refractivity contribution in [3.63, 3.8) is 0 Å². The fraction of sp³-hybridized carbons (Fsp3) is 0.286. The molecule has 1 N–H and O–H groups in total. The monoisotopic (exact) mass is 301 g/mol. The minimum atomic E-state index is -4.67. The Morgan fingerprint density at radius 3 is 2.65 bits per heavy atom. The van der Waals surface area contributed by atoms with E-state index in [2.05, 4.69) is 10.1 Å². The van der Waals surface area contributed by atoms with Gasteiger partial charge in [-0.25, -0.2) is 0 Å². The average molecular weight is 301 g/mol. The van der Waals surface area contributed by atoms with Crippen molar-refractivity contribution >= 4 is 17.0 Å². The predicted octanol–water partition coefficient (Wildman–Crippen LogP) is 5.21. The fourth-order valence-electron chi connectivity index (χ4n) is 1.85. The van der Waals surface area contributed by atoms with Crippen molar-refractivity contribution < 1.29 is 17.9 Å². The number of alkyl halides is 3. The molecule has 0 aliphatic rings. The molecule has 2 aromatic rings. The first-order valence-corrected chi connectivity index (χ1v) is 7.01. The molecule has 0 amide bonds. The van der Waals surface area contributed by atoms with Gasteiger partial charge in [-0.3, -0.25) is 0 Å². The second-order valence-corrected chi connectivity index (χ2v) is 5.18. The maximum absolute atomic E-state index is 12.2. The number of rotatable bonds is 5. The molecule has 1 unspecified atom stereocenters. The third-order valence-corrected chi connectivity index (χ3v) is 3.69. The van der Waals surface area contributed by atoms with Crippen molar-refractivity contribution in [1.82, 2.24) is 0 Å². The van der Waals surface area contributed by atoms with Crippen molar-refractivity contribution in [1.29, 1.82) is 0 Å². The summed E-state index contributed by atoms with van der Waals surface area (Å²) in [7, 11) is 0. The first kappa shape index (κ1) is 14.7. The summed E-state index contributed by atoms with van der Waals surface area (Å²) in [4.78, 5) is 1.15. The van der Waals surface area contributed by atoms with Gasteiger partial charge in [0.05, 0.1) is 6.04 Å². The van der Waals surface area contributed by atoms with Crippen molar-refractivity contribution in [2.45, 2.75) is 25.7 Å². The van der Waals surface area contributed by atoms with Gasteiger partial charge < -0.3 is 10.1 Å². The van der Waals surface area contributed by atoms with E-state index in [0.29, 0.717) is 5.69 Å².